The van der Waals surface area contributed by atoms with Crippen LogP contribution < -0.4 is 4.90 Å². The summed E-state index contributed by atoms with van der Waals surface area (Å²) in [5.74, 6) is 1.39. The largest absolute Gasteiger partial charge is 0.338 e. The van der Waals surface area contributed by atoms with E-state index in [2.05, 4.69) is 25.1 Å². The van der Waals surface area contributed by atoms with Crippen LogP contribution in [-0.4, -0.2) is 67.5 Å². The van der Waals surface area contributed by atoms with Crippen molar-refractivity contribution in [2.24, 2.45) is 0 Å². The minimum atomic E-state index is -0.309. The Kier molecular flexibility index (Phi) is 6.99. The first-order valence-electron chi connectivity index (χ1n) is 11.3. The second kappa shape index (κ2) is 10.6. The lowest BCUT2D eigenvalue weighted by Gasteiger charge is -2.34. The van der Waals surface area contributed by atoms with Crippen LogP contribution in [-0.2, 0) is 11.2 Å². The van der Waals surface area contributed by atoms with Crippen LogP contribution >= 0.6 is 11.8 Å². The molecule has 1 saturated heterocycles. The maximum atomic E-state index is 13.6. The predicted octanol–water partition coefficient (Wildman–Crippen LogP) is 3.23. The summed E-state index contributed by atoms with van der Waals surface area (Å²) < 4.78 is 15.5. The summed E-state index contributed by atoms with van der Waals surface area (Å²) in [6.45, 7) is 2.60. The molecular weight excluding hydrogens is 465 g/mol. The molecule has 1 amide bonds. The molecule has 3 heterocycles. The first-order chi connectivity index (χ1) is 17.2. The molecule has 4 aromatic rings. The van der Waals surface area contributed by atoms with E-state index in [-0.39, 0.29) is 17.5 Å². The second-order valence-electron chi connectivity index (χ2n) is 8.08. The topological polar surface area (TPSA) is 80.0 Å². The number of piperazine rings is 1. The van der Waals surface area contributed by atoms with E-state index in [1.54, 1.807) is 30.6 Å². The molecule has 1 fully saturated rings. The van der Waals surface area contributed by atoms with Gasteiger partial charge in [-0.15, -0.1) is 10.2 Å². The number of halogens is 1. The zero-order chi connectivity index (χ0) is 24.0. The van der Waals surface area contributed by atoms with Crippen molar-refractivity contribution < 1.29 is 9.18 Å². The van der Waals surface area contributed by atoms with Gasteiger partial charge in [0.2, 0.25) is 11.9 Å². The minimum Gasteiger partial charge on any atom is -0.338 e. The normalized spacial score (nSPS) is 13.7. The Balaban J connectivity index is 1.27. The SMILES string of the molecule is O=C(CSc1nnc(Cc2ccccc2)n1-c1ccc(F)cc1)N1CCN(c2ncccn2)CC1. The van der Waals surface area contributed by atoms with Crippen LogP contribution in [0.1, 0.15) is 11.4 Å². The summed E-state index contributed by atoms with van der Waals surface area (Å²) in [5, 5.41) is 9.37. The van der Waals surface area contributed by atoms with E-state index in [4.69, 9.17) is 0 Å². The van der Waals surface area contributed by atoms with Gasteiger partial charge in [-0.05, 0) is 35.9 Å². The molecule has 0 unspecified atom stereocenters. The van der Waals surface area contributed by atoms with Crippen LogP contribution in [0.2, 0.25) is 0 Å². The van der Waals surface area contributed by atoms with Gasteiger partial charge in [0.1, 0.15) is 11.6 Å². The Hall–Kier alpha value is -3.79. The molecule has 8 nitrogen and oxygen atoms in total. The van der Waals surface area contributed by atoms with Gasteiger partial charge in [-0.25, -0.2) is 14.4 Å². The van der Waals surface area contributed by atoms with Crippen LogP contribution in [0.15, 0.2) is 78.2 Å². The van der Waals surface area contributed by atoms with Gasteiger partial charge in [-0.1, -0.05) is 42.1 Å². The van der Waals surface area contributed by atoms with Gasteiger partial charge < -0.3 is 9.80 Å². The van der Waals surface area contributed by atoms with E-state index < -0.39 is 0 Å². The number of hydrogen-bond acceptors (Lipinski definition) is 7. The highest BCUT2D eigenvalue weighted by Gasteiger charge is 2.24. The Morgan fingerprint density at radius 1 is 0.886 bits per heavy atom. The summed E-state index contributed by atoms with van der Waals surface area (Å²) in [4.78, 5) is 25.5. The third-order valence-corrected chi connectivity index (χ3v) is 6.70. The van der Waals surface area contributed by atoms with Crippen molar-refractivity contribution in [2.75, 3.05) is 36.8 Å². The van der Waals surface area contributed by atoms with E-state index in [0.29, 0.717) is 43.7 Å². The van der Waals surface area contributed by atoms with E-state index in [9.17, 15) is 9.18 Å². The maximum Gasteiger partial charge on any atom is 0.233 e. The molecule has 5 rings (SSSR count). The predicted molar refractivity (Wildman–Crippen MR) is 132 cm³/mol. The van der Waals surface area contributed by atoms with Crippen molar-refractivity contribution in [2.45, 2.75) is 11.6 Å². The highest BCUT2D eigenvalue weighted by Crippen LogP contribution is 2.24. The van der Waals surface area contributed by atoms with Crippen LogP contribution in [0.3, 0.4) is 0 Å². The lowest BCUT2D eigenvalue weighted by Crippen LogP contribution is -2.49. The monoisotopic (exact) mass is 489 g/mol. The Labute approximate surface area is 206 Å². The summed E-state index contributed by atoms with van der Waals surface area (Å²) in [7, 11) is 0. The number of anilines is 1. The van der Waals surface area contributed by atoms with Gasteiger partial charge in [0.15, 0.2) is 5.16 Å². The molecule has 1 aliphatic heterocycles. The molecule has 178 valence electrons. The van der Waals surface area contributed by atoms with Crippen molar-refractivity contribution in [3.63, 3.8) is 0 Å². The summed E-state index contributed by atoms with van der Waals surface area (Å²) in [6.07, 6.45) is 4.02. The van der Waals surface area contributed by atoms with Gasteiger partial charge in [-0.3, -0.25) is 9.36 Å². The summed E-state index contributed by atoms with van der Waals surface area (Å²) >= 11 is 1.34. The van der Waals surface area contributed by atoms with Gasteiger partial charge in [0, 0.05) is 50.7 Å². The highest BCUT2D eigenvalue weighted by atomic mass is 32.2. The molecule has 0 bridgehead atoms. The molecule has 2 aromatic carbocycles. The fourth-order valence-corrected chi connectivity index (χ4v) is 4.84. The van der Waals surface area contributed by atoms with E-state index in [0.717, 1.165) is 17.1 Å². The molecule has 0 spiro atoms. The smallest absolute Gasteiger partial charge is 0.233 e. The van der Waals surface area contributed by atoms with Crippen molar-refractivity contribution in [3.05, 3.63) is 90.3 Å². The molecule has 0 radical (unpaired) electrons. The molecule has 0 aliphatic carbocycles. The molecule has 0 saturated carbocycles. The van der Waals surface area contributed by atoms with Gasteiger partial charge in [-0.2, -0.15) is 0 Å². The van der Waals surface area contributed by atoms with Crippen molar-refractivity contribution in [1.29, 1.82) is 0 Å². The Bertz CT molecular complexity index is 1260. The number of nitrogens with zero attached hydrogens (tertiary/aromatic N) is 7. The number of thioether (sulfide) groups is 1. The van der Waals surface area contributed by atoms with Crippen LogP contribution in [0.25, 0.3) is 5.69 Å². The third-order valence-electron chi connectivity index (χ3n) is 5.78. The summed E-state index contributed by atoms with van der Waals surface area (Å²) in [6, 6.07) is 18.0. The van der Waals surface area contributed by atoms with Crippen molar-refractivity contribution in [1.82, 2.24) is 29.6 Å². The molecule has 10 heteroatoms. The zero-order valence-electron chi connectivity index (χ0n) is 19.0. The maximum absolute atomic E-state index is 13.6. The van der Waals surface area contributed by atoms with E-state index in [1.807, 2.05) is 39.8 Å². The first-order valence-corrected chi connectivity index (χ1v) is 12.3. The lowest BCUT2D eigenvalue weighted by atomic mass is 10.1. The highest BCUT2D eigenvalue weighted by molar-refractivity contribution is 7.99. The lowest BCUT2D eigenvalue weighted by molar-refractivity contribution is -0.128. The average molecular weight is 490 g/mol. The molecule has 1 aliphatic rings. The molecule has 0 atom stereocenters. The Morgan fingerprint density at radius 2 is 1.60 bits per heavy atom. The third kappa shape index (κ3) is 5.48. The fourth-order valence-electron chi connectivity index (χ4n) is 3.96. The number of rotatable bonds is 7. The zero-order valence-corrected chi connectivity index (χ0v) is 19.8. The number of hydrogen-bond donors (Lipinski definition) is 0. The second-order valence-corrected chi connectivity index (χ2v) is 9.02. The standard InChI is InChI=1S/C25H24FN7OS/c26-20-7-9-21(10-8-20)33-22(17-19-5-2-1-3-6-19)29-30-25(33)35-18-23(34)31-13-15-32(16-14-31)24-27-11-4-12-28-24/h1-12H,13-18H2. The van der Waals surface area contributed by atoms with E-state index in [1.165, 1.54) is 23.9 Å². The number of benzene rings is 2. The molecule has 35 heavy (non-hydrogen) atoms. The van der Waals surface area contributed by atoms with Gasteiger partial charge >= 0.3 is 0 Å². The minimum absolute atomic E-state index is 0.0434. The van der Waals surface area contributed by atoms with Crippen molar-refractivity contribution >= 4 is 23.6 Å². The number of aromatic nitrogens is 5. The van der Waals surface area contributed by atoms with Gasteiger partial charge in [0.25, 0.3) is 0 Å². The first kappa shape index (κ1) is 23.0. The summed E-state index contributed by atoms with van der Waals surface area (Å²) in [5.41, 5.74) is 1.85. The quantitative estimate of drug-likeness (QED) is 0.369. The fraction of sp³-hybridized carbons (Fsp3) is 0.240. The van der Waals surface area contributed by atoms with E-state index >= 15 is 0 Å². The molecule has 0 N–H and O–H groups in total. The Morgan fingerprint density at radius 3 is 2.31 bits per heavy atom. The number of carbonyl (C=O) groups excluding carboxylic acids is 1. The molecular formula is C25H24FN7OS. The van der Waals surface area contributed by atoms with Crippen LogP contribution in [0.4, 0.5) is 10.3 Å². The van der Waals surface area contributed by atoms with Gasteiger partial charge in [0.05, 0.1) is 5.75 Å². The van der Waals surface area contributed by atoms with Crippen LogP contribution in [0, 0.1) is 5.82 Å². The average Bonchev–Trinajstić information content (AvgIpc) is 3.31. The number of amides is 1. The van der Waals surface area contributed by atoms with Crippen molar-refractivity contribution in [3.8, 4) is 5.69 Å². The number of carbonyl (C=O) groups is 1. The molecule has 2 aromatic heterocycles. The van der Waals surface area contributed by atoms with Crippen LogP contribution in [0.5, 0.6) is 0 Å².